The van der Waals surface area contributed by atoms with Crippen LogP contribution in [0.4, 0.5) is 11.5 Å². The lowest BCUT2D eigenvalue weighted by Gasteiger charge is -2.07. The van der Waals surface area contributed by atoms with E-state index >= 15 is 0 Å². The van der Waals surface area contributed by atoms with Crippen molar-refractivity contribution in [3.05, 3.63) is 62.8 Å². The maximum Gasteiger partial charge on any atom is 0.290 e. The van der Waals surface area contributed by atoms with Crippen LogP contribution in [0, 0.1) is 17.0 Å². The normalized spacial score (nSPS) is 10.2. The van der Waals surface area contributed by atoms with Gasteiger partial charge in [-0.05, 0) is 24.6 Å². The number of nitrogens with one attached hydrogen (secondary N) is 1. The van der Waals surface area contributed by atoms with Crippen molar-refractivity contribution >= 4 is 23.1 Å². The molecule has 2 rings (SSSR count). The second-order valence-corrected chi connectivity index (χ2v) is 4.47. The minimum atomic E-state index is -0.444. The van der Waals surface area contributed by atoms with Crippen molar-refractivity contribution in [2.45, 2.75) is 13.5 Å². The van der Waals surface area contributed by atoms with E-state index < -0.39 is 4.92 Å². The van der Waals surface area contributed by atoms with Crippen molar-refractivity contribution in [2.24, 2.45) is 0 Å². The Labute approximate surface area is 115 Å². The summed E-state index contributed by atoms with van der Waals surface area (Å²) in [7, 11) is 0. The zero-order valence-corrected chi connectivity index (χ0v) is 11.0. The van der Waals surface area contributed by atoms with E-state index in [-0.39, 0.29) is 5.69 Å². The summed E-state index contributed by atoms with van der Waals surface area (Å²) in [6, 6.07) is 9.13. The van der Waals surface area contributed by atoms with E-state index in [4.69, 9.17) is 11.6 Å². The Morgan fingerprint density at radius 1 is 1.42 bits per heavy atom. The summed E-state index contributed by atoms with van der Waals surface area (Å²) in [5.41, 5.74) is 1.53. The summed E-state index contributed by atoms with van der Waals surface area (Å²) < 4.78 is 0. The van der Waals surface area contributed by atoms with Gasteiger partial charge in [0, 0.05) is 17.1 Å². The largest absolute Gasteiger partial charge is 0.366 e. The highest BCUT2D eigenvalue weighted by Gasteiger charge is 2.11. The van der Waals surface area contributed by atoms with Crippen LogP contribution in [0.2, 0.25) is 5.02 Å². The first-order valence-corrected chi connectivity index (χ1v) is 6.04. The molecule has 6 heteroatoms. The van der Waals surface area contributed by atoms with E-state index in [1.807, 2.05) is 24.3 Å². The lowest BCUT2D eigenvalue weighted by atomic mass is 10.2. The molecule has 0 saturated heterocycles. The van der Waals surface area contributed by atoms with Gasteiger partial charge in [-0.3, -0.25) is 10.1 Å². The summed E-state index contributed by atoms with van der Waals surface area (Å²) in [6.45, 7) is 2.20. The smallest absolute Gasteiger partial charge is 0.290 e. The maximum atomic E-state index is 10.7. The molecule has 5 nitrogen and oxygen atoms in total. The van der Waals surface area contributed by atoms with Crippen molar-refractivity contribution in [3.8, 4) is 0 Å². The summed E-state index contributed by atoms with van der Waals surface area (Å²) in [5.74, 6) is 0.586. The number of aromatic nitrogens is 1. The molecular weight excluding hydrogens is 266 g/mol. The molecule has 0 radical (unpaired) electrons. The van der Waals surface area contributed by atoms with Crippen molar-refractivity contribution in [1.82, 2.24) is 4.98 Å². The molecule has 1 heterocycles. The highest BCUT2D eigenvalue weighted by atomic mass is 35.5. The Bertz CT molecular complexity index is 617. The van der Waals surface area contributed by atoms with E-state index in [2.05, 4.69) is 10.3 Å². The predicted molar refractivity (Wildman–Crippen MR) is 74.4 cm³/mol. The zero-order chi connectivity index (χ0) is 13.8. The van der Waals surface area contributed by atoms with Crippen molar-refractivity contribution in [3.63, 3.8) is 0 Å². The number of benzene rings is 1. The molecule has 0 amide bonds. The van der Waals surface area contributed by atoms with E-state index in [1.54, 1.807) is 13.0 Å². The van der Waals surface area contributed by atoms with E-state index in [0.717, 1.165) is 5.56 Å². The second-order valence-electron chi connectivity index (χ2n) is 4.06. The molecule has 0 aliphatic rings. The third-order valence-corrected chi connectivity index (χ3v) is 3.07. The first kappa shape index (κ1) is 13.3. The number of nitrogens with zero attached hydrogens (tertiary/aromatic N) is 2. The van der Waals surface area contributed by atoms with Crippen LogP contribution < -0.4 is 5.32 Å². The van der Waals surface area contributed by atoms with Gasteiger partial charge < -0.3 is 5.32 Å². The average Bonchev–Trinajstić information content (AvgIpc) is 2.37. The molecule has 19 heavy (non-hydrogen) atoms. The van der Waals surface area contributed by atoms with Crippen LogP contribution in [0.25, 0.3) is 0 Å². The summed E-state index contributed by atoms with van der Waals surface area (Å²) in [5, 5.41) is 14.5. The molecule has 0 atom stereocenters. The van der Waals surface area contributed by atoms with Crippen molar-refractivity contribution < 1.29 is 4.92 Å². The number of anilines is 1. The topological polar surface area (TPSA) is 68.1 Å². The van der Waals surface area contributed by atoms with Crippen LogP contribution in [0.1, 0.15) is 11.1 Å². The van der Waals surface area contributed by atoms with Gasteiger partial charge in [0.1, 0.15) is 12.0 Å². The van der Waals surface area contributed by atoms with Crippen molar-refractivity contribution in [2.75, 3.05) is 5.32 Å². The highest BCUT2D eigenvalue weighted by Crippen LogP contribution is 2.20. The van der Waals surface area contributed by atoms with E-state index in [9.17, 15) is 10.1 Å². The summed E-state index contributed by atoms with van der Waals surface area (Å²) >= 11 is 6.04. The number of halogens is 1. The molecule has 1 aromatic carbocycles. The lowest BCUT2D eigenvalue weighted by Crippen LogP contribution is -2.03. The number of nitro groups is 1. The highest BCUT2D eigenvalue weighted by molar-refractivity contribution is 6.31. The van der Waals surface area contributed by atoms with Gasteiger partial charge in [0.25, 0.3) is 5.69 Å². The van der Waals surface area contributed by atoms with Gasteiger partial charge >= 0.3 is 0 Å². The molecule has 1 aromatic heterocycles. The van der Waals surface area contributed by atoms with E-state index in [0.29, 0.717) is 22.9 Å². The Morgan fingerprint density at radius 2 is 2.16 bits per heavy atom. The van der Waals surface area contributed by atoms with Crippen LogP contribution in [0.5, 0.6) is 0 Å². The Morgan fingerprint density at radius 3 is 2.79 bits per heavy atom. The number of rotatable bonds is 4. The molecule has 0 aliphatic carbocycles. The number of hydrogen-bond acceptors (Lipinski definition) is 4. The van der Waals surface area contributed by atoms with Gasteiger partial charge in [-0.25, -0.2) is 4.98 Å². The van der Waals surface area contributed by atoms with E-state index in [1.165, 1.54) is 6.20 Å². The Kier molecular flexibility index (Phi) is 3.97. The second kappa shape index (κ2) is 5.67. The molecule has 0 saturated carbocycles. The standard InChI is InChI=1S/C13H12ClN3O2/c1-9-6-13(16-8-12(9)17(18)19)15-7-10-4-2-3-5-11(10)14/h2-6,8H,7H2,1H3,(H,15,16). The molecule has 98 valence electrons. The van der Waals surface area contributed by atoms with Gasteiger partial charge in [0.2, 0.25) is 0 Å². The van der Waals surface area contributed by atoms with Crippen LogP contribution in [0.3, 0.4) is 0 Å². The zero-order valence-electron chi connectivity index (χ0n) is 10.3. The number of hydrogen-bond donors (Lipinski definition) is 1. The SMILES string of the molecule is Cc1cc(NCc2ccccc2Cl)ncc1[N+](=O)[O-]. The Hall–Kier alpha value is -2.14. The van der Waals surface area contributed by atoms with Crippen LogP contribution in [-0.4, -0.2) is 9.91 Å². The maximum absolute atomic E-state index is 10.7. The minimum absolute atomic E-state index is 0.0169. The monoisotopic (exact) mass is 277 g/mol. The first-order valence-electron chi connectivity index (χ1n) is 5.66. The minimum Gasteiger partial charge on any atom is -0.366 e. The van der Waals surface area contributed by atoms with Gasteiger partial charge in [-0.15, -0.1) is 0 Å². The quantitative estimate of drug-likeness (QED) is 0.685. The van der Waals surface area contributed by atoms with Crippen LogP contribution in [-0.2, 0) is 6.54 Å². The van der Waals surface area contributed by atoms with Crippen LogP contribution in [0.15, 0.2) is 36.5 Å². The molecular formula is C13H12ClN3O2. The fourth-order valence-corrected chi connectivity index (χ4v) is 1.87. The molecule has 0 bridgehead atoms. The molecule has 2 aromatic rings. The van der Waals surface area contributed by atoms with Gasteiger partial charge in [0.05, 0.1) is 4.92 Å². The number of aryl methyl sites for hydroxylation is 1. The average molecular weight is 278 g/mol. The third kappa shape index (κ3) is 3.20. The molecule has 1 N–H and O–H groups in total. The third-order valence-electron chi connectivity index (χ3n) is 2.70. The fraction of sp³-hybridized carbons (Fsp3) is 0.154. The summed E-state index contributed by atoms with van der Waals surface area (Å²) in [4.78, 5) is 14.3. The lowest BCUT2D eigenvalue weighted by molar-refractivity contribution is -0.385. The predicted octanol–water partition coefficient (Wildman–Crippen LogP) is 3.56. The fourth-order valence-electron chi connectivity index (χ4n) is 1.66. The molecule has 0 spiro atoms. The van der Waals surface area contributed by atoms with Crippen molar-refractivity contribution in [1.29, 1.82) is 0 Å². The molecule has 0 aliphatic heterocycles. The first-order chi connectivity index (χ1) is 9.08. The Balaban J connectivity index is 2.11. The molecule has 0 unspecified atom stereocenters. The van der Waals surface area contributed by atoms with Gasteiger partial charge in [0.15, 0.2) is 0 Å². The van der Waals surface area contributed by atoms with Gasteiger partial charge in [-0.2, -0.15) is 0 Å². The van der Waals surface area contributed by atoms with Crippen LogP contribution >= 0.6 is 11.6 Å². The molecule has 0 fully saturated rings. The summed E-state index contributed by atoms with van der Waals surface area (Å²) in [6.07, 6.45) is 1.25. The number of pyridine rings is 1. The van der Waals surface area contributed by atoms with Gasteiger partial charge in [-0.1, -0.05) is 29.8 Å².